The lowest BCUT2D eigenvalue weighted by molar-refractivity contribution is 0.0741. The van der Waals surface area contributed by atoms with Gasteiger partial charge in [0.15, 0.2) is 0 Å². The fraction of sp³-hybridized carbons (Fsp3) is 0.391. The first-order valence-electron chi connectivity index (χ1n) is 10.4. The van der Waals surface area contributed by atoms with E-state index in [-0.39, 0.29) is 17.8 Å². The van der Waals surface area contributed by atoms with Crippen LogP contribution < -0.4 is 5.32 Å². The summed E-state index contributed by atoms with van der Waals surface area (Å²) in [6, 6.07) is 12.9. The average Bonchev–Trinajstić information content (AvgIpc) is 3.41. The maximum Gasteiger partial charge on any atom is 0.138 e. The van der Waals surface area contributed by atoms with E-state index in [0.29, 0.717) is 5.54 Å². The summed E-state index contributed by atoms with van der Waals surface area (Å²) in [5, 5.41) is 14.5. The van der Waals surface area contributed by atoms with E-state index in [0.717, 1.165) is 17.7 Å². The van der Waals surface area contributed by atoms with Gasteiger partial charge in [-0.05, 0) is 50.2 Å². The molecule has 3 N–H and O–H groups in total. The predicted octanol–water partition coefficient (Wildman–Crippen LogP) is 5.00. The maximum absolute atomic E-state index is 4.83. The van der Waals surface area contributed by atoms with Crippen LogP contribution in [0.15, 0.2) is 48.8 Å². The Morgan fingerprint density at radius 2 is 1.72 bits per heavy atom. The number of hydrogen-bond donors (Lipinski definition) is 3. The van der Waals surface area contributed by atoms with Crippen LogP contribution in [0, 0.1) is 0 Å². The first kappa shape index (κ1) is 18.6. The molecule has 3 fully saturated rings. The third-order valence-corrected chi connectivity index (χ3v) is 7.37. The number of rotatable bonds is 4. The van der Waals surface area contributed by atoms with Gasteiger partial charge in [-0.3, -0.25) is 5.10 Å². The van der Waals surface area contributed by atoms with Gasteiger partial charge in [0.25, 0.3) is 0 Å². The van der Waals surface area contributed by atoms with Crippen molar-refractivity contribution >= 4 is 34.3 Å². The number of aromatic amines is 2. The van der Waals surface area contributed by atoms with Crippen molar-refractivity contribution in [3.63, 3.8) is 0 Å². The van der Waals surface area contributed by atoms with Crippen molar-refractivity contribution in [2.75, 3.05) is 0 Å². The molecule has 0 spiro atoms. The van der Waals surface area contributed by atoms with Crippen molar-refractivity contribution in [3.8, 4) is 0 Å². The number of fused-ring (bicyclic) bond motifs is 6. The largest absolute Gasteiger partial charge is 0.346 e. The summed E-state index contributed by atoms with van der Waals surface area (Å²) in [5.74, 6) is 0. The molecule has 3 heterocycles. The molecule has 3 saturated carbocycles. The van der Waals surface area contributed by atoms with Crippen molar-refractivity contribution in [2.24, 2.45) is 0 Å². The molecule has 0 unspecified atom stereocenters. The van der Waals surface area contributed by atoms with Crippen molar-refractivity contribution in [1.29, 1.82) is 0 Å². The number of nitrogens with one attached hydrogen (secondary N) is 3. The summed E-state index contributed by atoms with van der Waals surface area (Å²) in [4.78, 5) is 7.76. The quantitative estimate of drug-likeness (QED) is 0.446. The van der Waals surface area contributed by atoms with Crippen LogP contribution in [0.2, 0.25) is 0 Å². The third-order valence-electron chi connectivity index (χ3n) is 7.37. The standard InChI is InChI=1S/C23H25N5.ClH/c1-2-4-16(5-3-1)14-26-23-10-7-22(8-11-23,9-12-23)20-19-17-6-13-24-21(17)25-15-18(19)27-28-20;/h1-6,13,15,26H,7-12,14H2,(H,24,25)(H,27,28);1H. The lowest BCUT2D eigenvalue weighted by atomic mass is 9.55. The molecule has 6 heteroatoms. The molecule has 3 aliphatic rings. The van der Waals surface area contributed by atoms with E-state index in [1.165, 1.54) is 60.6 Å². The molecule has 0 atom stereocenters. The minimum atomic E-state index is 0. The zero-order valence-electron chi connectivity index (χ0n) is 16.4. The summed E-state index contributed by atoms with van der Waals surface area (Å²) < 4.78 is 0. The minimum absolute atomic E-state index is 0. The van der Waals surface area contributed by atoms with Crippen molar-refractivity contribution in [3.05, 3.63) is 60.0 Å². The molecule has 3 aromatic heterocycles. The van der Waals surface area contributed by atoms with Gasteiger partial charge < -0.3 is 10.3 Å². The Balaban J connectivity index is 0.00000181. The second kappa shape index (κ2) is 6.85. The zero-order valence-corrected chi connectivity index (χ0v) is 17.2. The Bertz CT molecular complexity index is 1120. The summed E-state index contributed by atoms with van der Waals surface area (Å²) in [7, 11) is 0. The molecule has 0 aliphatic heterocycles. The van der Waals surface area contributed by atoms with Gasteiger partial charge >= 0.3 is 0 Å². The van der Waals surface area contributed by atoms with Gasteiger partial charge in [-0.1, -0.05) is 30.3 Å². The van der Waals surface area contributed by atoms with Crippen LogP contribution in [-0.4, -0.2) is 25.7 Å². The summed E-state index contributed by atoms with van der Waals surface area (Å²) in [6.07, 6.45) is 11.2. The minimum Gasteiger partial charge on any atom is -0.346 e. The number of aromatic nitrogens is 4. The molecule has 29 heavy (non-hydrogen) atoms. The molecule has 5 nitrogen and oxygen atoms in total. The SMILES string of the molecule is Cl.c1ccc(CNC23CCC(c4n[nH]c5cnc6[nH]ccc6c45)(CC2)CC3)cc1. The lowest BCUT2D eigenvalue weighted by Crippen LogP contribution is -2.56. The smallest absolute Gasteiger partial charge is 0.138 e. The van der Waals surface area contributed by atoms with Gasteiger partial charge in [-0.15, -0.1) is 12.4 Å². The first-order valence-corrected chi connectivity index (χ1v) is 10.4. The average molecular weight is 408 g/mol. The fourth-order valence-corrected chi connectivity index (χ4v) is 5.60. The molecular formula is C23H26ClN5. The third kappa shape index (κ3) is 2.87. The summed E-state index contributed by atoms with van der Waals surface area (Å²) in [6.45, 7) is 0.967. The molecule has 0 radical (unpaired) electrons. The van der Waals surface area contributed by atoms with Crippen LogP contribution in [0.4, 0.5) is 0 Å². The number of nitrogens with zero attached hydrogens (tertiary/aromatic N) is 2. The molecule has 3 aliphatic carbocycles. The van der Waals surface area contributed by atoms with Crippen LogP contribution in [0.5, 0.6) is 0 Å². The topological polar surface area (TPSA) is 69.4 Å². The second-order valence-corrected chi connectivity index (χ2v) is 8.76. The number of pyridine rings is 1. The van der Waals surface area contributed by atoms with Crippen molar-refractivity contribution in [1.82, 2.24) is 25.5 Å². The first-order chi connectivity index (χ1) is 13.8. The van der Waals surface area contributed by atoms with E-state index in [1.807, 2.05) is 12.4 Å². The molecule has 150 valence electrons. The summed E-state index contributed by atoms with van der Waals surface area (Å²) >= 11 is 0. The molecule has 7 rings (SSSR count). The Labute approximate surface area is 176 Å². The van der Waals surface area contributed by atoms with E-state index < -0.39 is 0 Å². The van der Waals surface area contributed by atoms with Gasteiger partial charge in [0.2, 0.25) is 0 Å². The highest BCUT2D eigenvalue weighted by Crippen LogP contribution is 2.54. The molecule has 0 saturated heterocycles. The number of benzene rings is 1. The monoisotopic (exact) mass is 407 g/mol. The number of hydrogen-bond acceptors (Lipinski definition) is 3. The van der Waals surface area contributed by atoms with Crippen LogP contribution >= 0.6 is 12.4 Å². The van der Waals surface area contributed by atoms with Crippen molar-refractivity contribution < 1.29 is 0 Å². The van der Waals surface area contributed by atoms with E-state index >= 15 is 0 Å². The zero-order chi connectivity index (χ0) is 18.6. The molecule has 2 bridgehead atoms. The highest BCUT2D eigenvalue weighted by atomic mass is 35.5. The molecule has 0 amide bonds. The van der Waals surface area contributed by atoms with E-state index in [2.05, 4.69) is 56.8 Å². The van der Waals surface area contributed by atoms with E-state index in [4.69, 9.17) is 5.10 Å². The van der Waals surface area contributed by atoms with E-state index in [9.17, 15) is 0 Å². The Hall–Kier alpha value is -2.37. The summed E-state index contributed by atoms with van der Waals surface area (Å²) in [5.41, 5.74) is 5.16. The van der Waals surface area contributed by atoms with Crippen LogP contribution in [0.1, 0.15) is 49.8 Å². The fourth-order valence-electron chi connectivity index (χ4n) is 5.60. The predicted molar refractivity (Wildman–Crippen MR) is 118 cm³/mol. The number of halogens is 1. The van der Waals surface area contributed by atoms with Crippen LogP contribution in [-0.2, 0) is 12.0 Å². The van der Waals surface area contributed by atoms with Crippen LogP contribution in [0.25, 0.3) is 21.9 Å². The normalized spacial score (nSPS) is 26.1. The van der Waals surface area contributed by atoms with Gasteiger partial charge in [-0.25, -0.2) is 4.98 Å². The maximum atomic E-state index is 4.83. The van der Waals surface area contributed by atoms with E-state index in [1.54, 1.807) is 0 Å². The Morgan fingerprint density at radius 3 is 2.48 bits per heavy atom. The Morgan fingerprint density at radius 1 is 0.966 bits per heavy atom. The van der Waals surface area contributed by atoms with Gasteiger partial charge in [0, 0.05) is 34.5 Å². The lowest BCUT2D eigenvalue weighted by Gasteiger charge is -2.53. The van der Waals surface area contributed by atoms with Gasteiger partial charge in [0.1, 0.15) is 5.65 Å². The van der Waals surface area contributed by atoms with Gasteiger partial charge in [-0.2, -0.15) is 5.10 Å². The highest BCUT2D eigenvalue weighted by molar-refractivity contribution is 6.05. The molecular weight excluding hydrogens is 382 g/mol. The van der Waals surface area contributed by atoms with Crippen molar-refractivity contribution in [2.45, 2.75) is 56.0 Å². The Kier molecular flexibility index (Phi) is 4.41. The highest BCUT2D eigenvalue weighted by Gasteiger charge is 2.50. The molecule has 4 aromatic rings. The van der Waals surface area contributed by atoms with Crippen LogP contribution in [0.3, 0.4) is 0 Å². The van der Waals surface area contributed by atoms with Gasteiger partial charge in [0.05, 0.1) is 17.4 Å². The number of H-pyrrole nitrogens is 2. The second-order valence-electron chi connectivity index (χ2n) is 8.76. The molecule has 1 aromatic carbocycles.